The van der Waals surface area contributed by atoms with E-state index in [1.807, 2.05) is 4.90 Å². The van der Waals surface area contributed by atoms with Crippen molar-refractivity contribution in [2.45, 2.75) is 57.1 Å². The van der Waals surface area contributed by atoms with E-state index in [0.717, 1.165) is 51.4 Å². The van der Waals surface area contributed by atoms with E-state index in [-0.39, 0.29) is 31.0 Å². The molecule has 3 rings (SSSR count). The Bertz CT molecular complexity index is 833. The molecule has 4 atom stereocenters. The number of halogens is 2. The molecule has 2 fully saturated rings. The summed E-state index contributed by atoms with van der Waals surface area (Å²) in [6.07, 6.45) is 4.31. The lowest BCUT2D eigenvalue weighted by molar-refractivity contribution is -0.134. The highest BCUT2D eigenvalue weighted by Crippen LogP contribution is 2.34. The minimum atomic E-state index is -0.688. The summed E-state index contributed by atoms with van der Waals surface area (Å²) in [7, 11) is 1.26. The molecule has 36 heavy (non-hydrogen) atoms. The van der Waals surface area contributed by atoms with Crippen LogP contribution in [0.3, 0.4) is 0 Å². The first-order valence-electron chi connectivity index (χ1n) is 12.9. The number of rotatable bonds is 11. The molecule has 0 unspecified atom stereocenters. The molecule has 0 spiro atoms. The summed E-state index contributed by atoms with van der Waals surface area (Å²) >= 11 is 0. The number of nitrogens with zero attached hydrogens (tertiary/aromatic N) is 1. The van der Waals surface area contributed by atoms with Gasteiger partial charge in [0, 0.05) is 57.3 Å². The number of likely N-dealkylation sites (tertiary alicyclic amines) is 1. The molecule has 2 saturated heterocycles. The van der Waals surface area contributed by atoms with Gasteiger partial charge in [-0.05, 0) is 62.1 Å². The first-order valence-corrected chi connectivity index (χ1v) is 12.9. The monoisotopic (exact) mass is 511 g/mol. The van der Waals surface area contributed by atoms with E-state index in [1.54, 1.807) is 0 Å². The maximum Gasteiger partial charge on any atom is 0.406 e. The molecule has 0 radical (unpaired) electrons. The second kappa shape index (κ2) is 14.4. The third-order valence-corrected chi connectivity index (χ3v) is 6.93. The Morgan fingerprint density at radius 1 is 1.22 bits per heavy atom. The second-order valence-corrected chi connectivity index (χ2v) is 9.77. The van der Waals surface area contributed by atoms with Gasteiger partial charge in [-0.2, -0.15) is 0 Å². The van der Waals surface area contributed by atoms with Gasteiger partial charge >= 0.3 is 6.09 Å². The molecule has 0 bridgehead atoms. The number of hydrogen-bond donors (Lipinski definition) is 2. The predicted octanol–water partition coefficient (Wildman–Crippen LogP) is 3.54. The third kappa shape index (κ3) is 8.97. The fourth-order valence-electron chi connectivity index (χ4n) is 5.14. The van der Waals surface area contributed by atoms with Crippen LogP contribution in [0, 0.1) is 23.5 Å². The summed E-state index contributed by atoms with van der Waals surface area (Å²) in [6.45, 7) is 2.93. The van der Waals surface area contributed by atoms with Crippen molar-refractivity contribution in [1.82, 2.24) is 10.2 Å². The zero-order valence-corrected chi connectivity index (χ0v) is 21.1. The molecule has 8 nitrogen and oxygen atoms in total. The van der Waals surface area contributed by atoms with Gasteiger partial charge < -0.3 is 30.2 Å². The second-order valence-electron chi connectivity index (χ2n) is 9.77. The van der Waals surface area contributed by atoms with Crippen molar-refractivity contribution >= 4 is 12.0 Å². The molecular weight excluding hydrogens is 472 g/mol. The van der Waals surface area contributed by atoms with E-state index in [4.69, 9.17) is 15.2 Å². The average Bonchev–Trinajstić information content (AvgIpc) is 2.87. The lowest BCUT2D eigenvalue weighted by Crippen LogP contribution is -2.43. The highest BCUT2D eigenvalue weighted by Gasteiger charge is 2.32. The molecule has 2 aliphatic rings. The maximum absolute atomic E-state index is 14.0. The van der Waals surface area contributed by atoms with Crippen LogP contribution in [0.4, 0.5) is 13.6 Å². The van der Waals surface area contributed by atoms with Gasteiger partial charge in [-0.3, -0.25) is 4.79 Å². The summed E-state index contributed by atoms with van der Waals surface area (Å²) < 4.78 is 44.1. The van der Waals surface area contributed by atoms with Crippen LogP contribution in [0.5, 0.6) is 0 Å². The molecule has 0 saturated carbocycles. The topological polar surface area (TPSA) is 103 Å². The van der Waals surface area contributed by atoms with Gasteiger partial charge in [0.25, 0.3) is 0 Å². The Morgan fingerprint density at radius 2 is 2.00 bits per heavy atom. The summed E-state index contributed by atoms with van der Waals surface area (Å²) in [4.78, 5) is 26.1. The molecule has 3 N–H and O–H groups in total. The number of alkyl carbamates (subject to hydrolysis) is 1. The van der Waals surface area contributed by atoms with Crippen LogP contribution < -0.4 is 11.1 Å². The Morgan fingerprint density at radius 3 is 2.69 bits per heavy atom. The van der Waals surface area contributed by atoms with Gasteiger partial charge in [-0.15, -0.1) is 0 Å². The third-order valence-electron chi connectivity index (χ3n) is 6.93. The molecule has 2 aliphatic heterocycles. The molecule has 2 amide bonds. The number of carbonyl (C=O) groups excluding carboxylic acids is 2. The van der Waals surface area contributed by atoms with Crippen LogP contribution in [0.2, 0.25) is 0 Å². The van der Waals surface area contributed by atoms with Crippen molar-refractivity contribution < 1.29 is 32.6 Å². The zero-order chi connectivity index (χ0) is 25.9. The van der Waals surface area contributed by atoms with Gasteiger partial charge in [-0.25, -0.2) is 13.6 Å². The lowest BCUT2D eigenvalue weighted by Gasteiger charge is -2.37. The Labute approximate surface area is 211 Å². The van der Waals surface area contributed by atoms with Crippen LogP contribution in [-0.4, -0.2) is 69.5 Å². The van der Waals surface area contributed by atoms with Crippen molar-refractivity contribution in [1.29, 1.82) is 0 Å². The van der Waals surface area contributed by atoms with Gasteiger partial charge in [0.1, 0.15) is 11.6 Å². The molecule has 10 heteroatoms. The largest absolute Gasteiger partial charge is 0.453 e. The molecule has 0 aromatic heterocycles. The van der Waals surface area contributed by atoms with Crippen LogP contribution in [0.25, 0.3) is 0 Å². The van der Waals surface area contributed by atoms with Gasteiger partial charge in [-0.1, -0.05) is 0 Å². The van der Waals surface area contributed by atoms with Crippen LogP contribution >= 0.6 is 0 Å². The zero-order valence-electron chi connectivity index (χ0n) is 21.1. The Kier molecular flexibility index (Phi) is 11.3. The van der Waals surface area contributed by atoms with Gasteiger partial charge in [0.2, 0.25) is 5.91 Å². The lowest BCUT2D eigenvalue weighted by atomic mass is 9.87. The molecular formula is C26H39F2N3O5. The van der Waals surface area contributed by atoms with E-state index in [1.165, 1.54) is 19.2 Å². The minimum Gasteiger partial charge on any atom is -0.453 e. The minimum absolute atomic E-state index is 0.0339. The highest BCUT2D eigenvalue weighted by molar-refractivity contribution is 5.76. The van der Waals surface area contributed by atoms with Gasteiger partial charge in [0.15, 0.2) is 0 Å². The number of piperidine rings is 1. The number of nitrogens with two attached hydrogens (primary N) is 1. The SMILES string of the molecule is COC(=O)NCCO[C@@H](c1cc(F)cc(F)c1)[C@@H]1CCCN(C(=O)CC[C@@H](N)C[C@H]2CCCOC2)C1. The highest BCUT2D eigenvalue weighted by atomic mass is 19.1. The number of amides is 2. The summed E-state index contributed by atoms with van der Waals surface area (Å²) in [6, 6.07) is 3.29. The van der Waals surface area contributed by atoms with E-state index in [0.29, 0.717) is 37.4 Å². The van der Waals surface area contributed by atoms with Crippen molar-refractivity contribution in [3.63, 3.8) is 0 Å². The van der Waals surface area contributed by atoms with Crippen molar-refractivity contribution in [3.8, 4) is 0 Å². The number of ether oxygens (including phenoxy) is 3. The fourth-order valence-corrected chi connectivity index (χ4v) is 5.14. The van der Waals surface area contributed by atoms with E-state index in [9.17, 15) is 18.4 Å². The number of hydrogen-bond acceptors (Lipinski definition) is 6. The molecule has 1 aromatic carbocycles. The molecule has 0 aliphatic carbocycles. The average molecular weight is 512 g/mol. The first-order chi connectivity index (χ1) is 17.4. The Hall–Kier alpha value is -2.30. The summed E-state index contributed by atoms with van der Waals surface area (Å²) in [5, 5.41) is 2.53. The van der Waals surface area contributed by atoms with E-state index < -0.39 is 23.8 Å². The summed E-state index contributed by atoms with van der Waals surface area (Å²) in [5.41, 5.74) is 6.68. The standard InChI is InChI=1S/C26H39F2N3O5/c1-34-26(33)30-8-11-36-25(20-13-21(27)15-22(28)14-20)19-5-2-9-31(16-19)24(32)7-6-23(29)12-18-4-3-10-35-17-18/h13-15,18-19,23,25H,2-12,16-17,29H2,1H3,(H,30,33)/t18-,19-,23-,25-/m1/s1. The number of nitrogens with one attached hydrogen (secondary N) is 1. The van der Waals surface area contributed by atoms with Crippen molar-refractivity contribution in [2.75, 3.05) is 46.6 Å². The fraction of sp³-hybridized carbons (Fsp3) is 0.692. The van der Waals surface area contributed by atoms with Gasteiger partial charge in [0.05, 0.1) is 19.8 Å². The molecule has 202 valence electrons. The quantitative estimate of drug-likeness (QED) is 0.441. The van der Waals surface area contributed by atoms with Crippen LogP contribution in [0.15, 0.2) is 18.2 Å². The predicted molar refractivity (Wildman–Crippen MR) is 130 cm³/mol. The van der Waals surface area contributed by atoms with Crippen LogP contribution in [-0.2, 0) is 19.0 Å². The number of benzene rings is 1. The normalized spacial score (nSPS) is 22.1. The number of carbonyl (C=O) groups is 2. The van der Waals surface area contributed by atoms with E-state index >= 15 is 0 Å². The Balaban J connectivity index is 1.57. The van der Waals surface area contributed by atoms with Crippen molar-refractivity contribution in [3.05, 3.63) is 35.4 Å². The molecule has 2 heterocycles. The number of methoxy groups -OCH3 is 1. The summed E-state index contributed by atoms with van der Waals surface area (Å²) in [5.74, 6) is -1.03. The molecule has 1 aromatic rings. The maximum atomic E-state index is 14.0. The smallest absolute Gasteiger partial charge is 0.406 e. The van der Waals surface area contributed by atoms with E-state index in [2.05, 4.69) is 10.1 Å². The first kappa shape index (κ1) is 28.3. The van der Waals surface area contributed by atoms with Crippen molar-refractivity contribution in [2.24, 2.45) is 17.6 Å². The van der Waals surface area contributed by atoms with Crippen LogP contribution in [0.1, 0.15) is 56.6 Å².